The normalized spacial score (nSPS) is 22.5. The summed E-state index contributed by atoms with van der Waals surface area (Å²) in [6.07, 6.45) is 0.946. The quantitative estimate of drug-likeness (QED) is 0.561. The van der Waals surface area contributed by atoms with Crippen molar-refractivity contribution in [2.45, 2.75) is 12.7 Å². The zero-order valence-electron chi connectivity index (χ0n) is 6.12. The second-order valence-corrected chi connectivity index (χ2v) is 1.68. The van der Waals surface area contributed by atoms with Crippen LogP contribution in [-0.2, 0) is 9.47 Å². The number of aliphatic hydroxyl groups is 2. The molecule has 1 fully saturated rings. The van der Waals surface area contributed by atoms with E-state index < -0.39 is 0 Å². The van der Waals surface area contributed by atoms with Gasteiger partial charge in [-0.25, -0.2) is 0 Å². The first kappa shape index (κ1) is 9.84. The first-order valence-corrected chi connectivity index (χ1v) is 3.22. The fraction of sp³-hybridized carbons (Fsp3) is 1.00. The van der Waals surface area contributed by atoms with Crippen LogP contribution in [0.4, 0.5) is 0 Å². The maximum atomic E-state index is 8.25. The standard InChI is InChI=1S/C5H10O3.CH4O/c6-2-4-8-5-1-3-7-5;1-2/h5-6H,1-4H2;2H,1H3. The Morgan fingerprint density at radius 2 is 2.20 bits per heavy atom. The van der Waals surface area contributed by atoms with Crippen molar-refractivity contribution in [1.82, 2.24) is 0 Å². The number of hydrogen-bond acceptors (Lipinski definition) is 4. The van der Waals surface area contributed by atoms with Gasteiger partial charge in [0.15, 0.2) is 6.29 Å². The highest BCUT2D eigenvalue weighted by molar-refractivity contribution is 4.53. The Balaban J connectivity index is 0.000000371. The molecule has 62 valence electrons. The number of aliphatic hydroxyl groups excluding tert-OH is 2. The average Bonchev–Trinajstić information content (AvgIpc) is 1.90. The number of rotatable bonds is 3. The van der Waals surface area contributed by atoms with Crippen LogP contribution in [0.15, 0.2) is 0 Å². The van der Waals surface area contributed by atoms with Crippen molar-refractivity contribution in [2.24, 2.45) is 0 Å². The highest BCUT2D eigenvalue weighted by Gasteiger charge is 2.17. The van der Waals surface area contributed by atoms with E-state index in [0.717, 1.165) is 20.1 Å². The summed E-state index contributed by atoms with van der Waals surface area (Å²) in [7, 11) is 1.00. The Kier molecular flexibility index (Phi) is 6.84. The van der Waals surface area contributed by atoms with E-state index in [2.05, 4.69) is 0 Å². The van der Waals surface area contributed by atoms with Crippen molar-refractivity contribution in [3.63, 3.8) is 0 Å². The summed E-state index contributed by atoms with van der Waals surface area (Å²) in [5.41, 5.74) is 0. The van der Waals surface area contributed by atoms with Gasteiger partial charge in [-0.1, -0.05) is 0 Å². The Morgan fingerprint density at radius 3 is 2.50 bits per heavy atom. The van der Waals surface area contributed by atoms with Crippen molar-refractivity contribution in [2.75, 3.05) is 26.9 Å². The van der Waals surface area contributed by atoms with E-state index in [0.29, 0.717) is 6.61 Å². The third-order valence-corrected chi connectivity index (χ3v) is 1.05. The summed E-state index contributed by atoms with van der Waals surface area (Å²) >= 11 is 0. The SMILES string of the molecule is CO.OCCOC1CCO1. The molecule has 1 rings (SSSR count). The van der Waals surface area contributed by atoms with Gasteiger partial charge < -0.3 is 19.7 Å². The third kappa shape index (κ3) is 3.79. The van der Waals surface area contributed by atoms with Crippen LogP contribution in [0.3, 0.4) is 0 Å². The molecule has 4 nitrogen and oxygen atoms in total. The molecule has 1 saturated heterocycles. The fourth-order valence-electron chi connectivity index (χ4n) is 0.530. The summed E-state index contributed by atoms with van der Waals surface area (Å²) < 4.78 is 9.85. The van der Waals surface area contributed by atoms with Gasteiger partial charge in [-0.3, -0.25) is 0 Å². The minimum Gasteiger partial charge on any atom is -0.400 e. The van der Waals surface area contributed by atoms with E-state index in [4.69, 9.17) is 19.7 Å². The van der Waals surface area contributed by atoms with Crippen molar-refractivity contribution in [3.8, 4) is 0 Å². The van der Waals surface area contributed by atoms with E-state index in [1.165, 1.54) is 0 Å². The minimum absolute atomic E-state index is 0.0258. The Hall–Kier alpha value is -0.160. The third-order valence-electron chi connectivity index (χ3n) is 1.05. The first-order valence-electron chi connectivity index (χ1n) is 3.22. The molecule has 1 atom stereocenters. The fourth-order valence-corrected chi connectivity index (χ4v) is 0.530. The van der Waals surface area contributed by atoms with Gasteiger partial charge in [0.25, 0.3) is 0 Å². The van der Waals surface area contributed by atoms with Crippen LogP contribution in [0, 0.1) is 0 Å². The number of ether oxygens (including phenoxy) is 2. The lowest BCUT2D eigenvalue weighted by Crippen LogP contribution is -2.30. The second kappa shape index (κ2) is 6.95. The predicted octanol–water partition coefficient (Wildman–Crippen LogP) is -0.650. The lowest BCUT2D eigenvalue weighted by molar-refractivity contribution is -0.217. The van der Waals surface area contributed by atoms with E-state index in [9.17, 15) is 0 Å². The first-order chi connectivity index (χ1) is 4.93. The monoisotopic (exact) mass is 150 g/mol. The van der Waals surface area contributed by atoms with Crippen LogP contribution in [0.2, 0.25) is 0 Å². The Bertz CT molecular complexity index is 62.8. The highest BCUT2D eigenvalue weighted by atomic mass is 16.7. The van der Waals surface area contributed by atoms with E-state index >= 15 is 0 Å². The van der Waals surface area contributed by atoms with Crippen molar-refractivity contribution in [1.29, 1.82) is 0 Å². The molecular formula is C6H14O4. The van der Waals surface area contributed by atoms with Gasteiger partial charge in [0.05, 0.1) is 19.8 Å². The lowest BCUT2D eigenvalue weighted by atomic mass is 10.3. The maximum absolute atomic E-state index is 8.25. The summed E-state index contributed by atoms with van der Waals surface area (Å²) in [6.45, 7) is 1.28. The molecule has 0 aromatic heterocycles. The van der Waals surface area contributed by atoms with Gasteiger partial charge in [0, 0.05) is 13.5 Å². The minimum atomic E-state index is -0.0258. The molecule has 1 heterocycles. The van der Waals surface area contributed by atoms with Gasteiger partial charge in [0.1, 0.15) is 0 Å². The van der Waals surface area contributed by atoms with E-state index in [-0.39, 0.29) is 12.9 Å². The van der Waals surface area contributed by atoms with Crippen LogP contribution in [0.25, 0.3) is 0 Å². The molecule has 0 saturated carbocycles. The molecule has 0 spiro atoms. The molecule has 0 aliphatic carbocycles. The lowest BCUT2D eigenvalue weighted by Gasteiger charge is -2.25. The van der Waals surface area contributed by atoms with Crippen molar-refractivity contribution >= 4 is 0 Å². The molecule has 1 aliphatic heterocycles. The van der Waals surface area contributed by atoms with Crippen molar-refractivity contribution in [3.05, 3.63) is 0 Å². The molecule has 0 aromatic carbocycles. The van der Waals surface area contributed by atoms with Crippen LogP contribution >= 0.6 is 0 Å². The molecule has 0 bridgehead atoms. The van der Waals surface area contributed by atoms with E-state index in [1.807, 2.05) is 0 Å². The summed E-state index contributed by atoms with van der Waals surface area (Å²) in [4.78, 5) is 0. The zero-order chi connectivity index (χ0) is 7.82. The molecule has 4 heteroatoms. The van der Waals surface area contributed by atoms with Gasteiger partial charge in [-0.15, -0.1) is 0 Å². The molecule has 1 unspecified atom stereocenters. The predicted molar refractivity (Wildman–Crippen MR) is 35.5 cm³/mol. The van der Waals surface area contributed by atoms with Gasteiger partial charge in [-0.05, 0) is 0 Å². The molecule has 0 radical (unpaired) electrons. The molecule has 2 N–H and O–H groups in total. The van der Waals surface area contributed by atoms with Crippen LogP contribution in [-0.4, -0.2) is 43.4 Å². The maximum Gasteiger partial charge on any atom is 0.159 e. The topological polar surface area (TPSA) is 58.9 Å². The average molecular weight is 150 g/mol. The van der Waals surface area contributed by atoms with Gasteiger partial charge >= 0.3 is 0 Å². The Labute approximate surface area is 60.4 Å². The molecule has 10 heavy (non-hydrogen) atoms. The molecule has 0 amide bonds. The largest absolute Gasteiger partial charge is 0.400 e. The smallest absolute Gasteiger partial charge is 0.159 e. The Morgan fingerprint density at radius 1 is 1.60 bits per heavy atom. The second-order valence-electron chi connectivity index (χ2n) is 1.68. The van der Waals surface area contributed by atoms with Crippen LogP contribution < -0.4 is 0 Å². The highest BCUT2D eigenvalue weighted by Crippen LogP contribution is 2.10. The molecular weight excluding hydrogens is 136 g/mol. The van der Waals surface area contributed by atoms with E-state index in [1.54, 1.807) is 0 Å². The summed E-state index contributed by atoms with van der Waals surface area (Å²) in [6, 6.07) is 0. The van der Waals surface area contributed by atoms with Crippen LogP contribution in [0.5, 0.6) is 0 Å². The molecule has 0 aromatic rings. The van der Waals surface area contributed by atoms with Crippen molar-refractivity contribution < 1.29 is 19.7 Å². The summed E-state index contributed by atoms with van der Waals surface area (Å²) in [5.74, 6) is 0. The zero-order valence-corrected chi connectivity index (χ0v) is 6.12. The van der Waals surface area contributed by atoms with Crippen LogP contribution in [0.1, 0.15) is 6.42 Å². The molecule has 1 aliphatic rings. The van der Waals surface area contributed by atoms with Gasteiger partial charge in [0.2, 0.25) is 0 Å². The van der Waals surface area contributed by atoms with Gasteiger partial charge in [-0.2, -0.15) is 0 Å². The summed E-state index contributed by atoms with van der Waals surface area (Å²) in [5, 5.41) is 15.3. The number of hydrogen-bond donors (Lipinski definition) is 2.